The number of aliphatic hydroxyl groups excluding tert-OH is 26. The summed E-state index contributed by atoms with van der Waals surface area (Å²) in [6.45, 7) is 7.15. The number of ether oxygens (including phenoxy) is 18. The van der Waals surface area contributed by atoms with E-state index in [1.807, 2.05) is 0 Å². The largest absolute Gasteiger partial charge is 0.437 e. The van der Waals surface area contributed by atoms with Gasteiger partial charge in [-0.05, 0) is 58.3 Å². The van der Waals surface area contributed by atoms with E-state index < -0.39 is 361 Å². The van der Waals surface area contributed by atoms with Gasteiger partial charge in [-0.15, -0.1) is 5.10 Å². The molecular weight excluding hydrogens is 1720 g/mol. The number of aliphatic hydroxyl groups is 26. The molecule has 51 nitrogen and oxygen atoms in total. The van der Waals surface area contributed by atoms with Gasteiger partial charge in [0, 0.05) is 13.5 Å². The fourth-order valence-electron chi connectivity index (χ4n) is 15.5. The van der Waals surface area contributed by atoms with Crippen molar-refractivity contribution in [2.45, 2.75) is 342 Å². The van der Waals surface area contributed by atoms with Crippen LogP contribution >= 0.6 is 0 Å². The Morgan fingerprint density at radius 1 is 0.431 bits per heavy atom. The van der Waals surface area contributed by atoms with Gasteiger partial charge in [-0.3, -0.25) is 4.79 Å². The quantitative estimate of drug-likeness (QED) is 0.0217. The normalized spacial score (nSPS) is 44.7. The number of carbonyl (C=O) groups excluding carboxylic acids is 1. The second-order valence-corrected chi connectivity index (χ2v) is 46.8. The predicted molar refractivity (Wildman–Crippen MR) is 400 cm³/mol. The van der Waals surface area contributed by atoms with Crippen molar-refractivity contribution in [1.82, 2.24) is 19.9 Å². The van der Waals surface area contributed by atoms with E-state index in [-0.39, 0.29) is 25.5 Å². The van der Waals surface area contributed by atoms with Gasteiger partial charge in [-0.1, -0.05) is 5.21 Å². The van der Waals surface area contributed by atoms with Gasteiger partial charge in [0.05, 0.1) is 91.5 Å². The fraction of sp³-hybridized carbons (Fsp3) is 0.957. The second-order valence-electron chi connectivity index (χ2n) is 33.9. The molecule has 0 aromatic carbocycles. The molecule has 17 unspecified atom stereocenters. The van der Waals surface area contributed by atoms with Crippen LogP contribution in [0.2, 0.25) is 51.9 Å². The molecule has 26 N–H and O–H groups in total. The van der Waals surface area contributed by atoms with Crippen LogP contribution in [0.3, 0.4) is 0 Å². The molecular formula is C69H124N4O47Si3. The van der Waals surface area contributed by atoms with Crippen LogP contribution in [0, 0.1) is 0 Å². The van der Waals surface area contributed by atoms with Gasteiger partial charge in [0.1, 0.15) is 207 Å². The molecule has 0 saturated carbocycles. The van der Waals surface area contributed by atoms with Crippen LogP contribution in [0.5, 0.6) is 0 Å². The van der Waals surface area contributed by atoms with E-state index in [0.29, 0.717) is 12.5 Å². The SMILES string of the molecule is CC(=O)N(Cc1cn(CC(O)COCCC[Si](C)(O[Si](C)(C)C)O[Si](C)(C)C)nn1)[C@H]1O[C@H](CO)[C@@H](O[C@@H]2OC(CO[C@@H]3OC[C@H](O)[C@H](O)C3O[C@@H]3OC(CO)[C@H](O)[C@H](O)C3O)[C@H](O[C@H]3O[C@H](CO[C@@H]4OC[C@H](O)C(O)C4O[C@@H]4OC(CO)[C@H](O)[C@H](O)C4O)[C@@H](O[C@@H]4OC(CO[C@@H]5OC[C@H](O)[C@H](O)C5O)[C@H](O)[C@H](O)C4O)C(O)C3O)[C@H](O)C2O)C(O)C1O. The average Bonchev–Trinajstić information content (AvgIpc) is 1.14. The first-order valence-corrected chi connectivity index (χ1v) is 49.6. The summed E-state index contributed by atoms with van der Waals surface area (Å²) in [6, 6.07) is 0.665. The van der Waals surface area contributed by atoms with E-state index >= 15 is 0 Å². The van der Waals surface area contributed by atoms with E-state index in [2.05, 4.69) is 56.1 Å². The highest BCUT2D eigenvalue weighted by Crippen LogP contribution is 2.39. The molecule has 0 radical (unpaired) electrons. The predicted octanol–water partition coefficient (Wildman–Crippen LogP) is -15.5. The Bertz CT molecular complexity index is 3340. The molecule has 9 saturated heterocycles. The molecule has 10 heterocycles. The van der Waals surface area contributed by atoms with Gasteiger partial charge in [0.25, 0.3) is 0 Å². The zero-order chi connectivity index (χ0) is 90.5. The molecule has 0 spiro atoms. The van der Waals surface area contributed by atoms with E-state index in [1.54, 1.807) is 0 Å². The molecule has 1 aromatic rings. The molecule has 54 heteroatoms. The van der Waals surface area contributed by atoms with Crippen LogP contribution in [0.15, 0.2) is 6.20 Å². The summed E-state index contributed by atoms with van der Waals surface area (Å²) in [6.07, 6.45) is -85.4. The van der Waals surface area contributed by atoms with E-state index in [4.69, 9.17) is 93.5 Å². The zero-order valence-corrected chi connectivity index (χ0v) is 71.5. The Kier molecular flexibility index (Phi) is 36.9. The fourth-order valence-corrected chi connectivity index (χ4v) is 28.0. The summed E-state index contributed by atoms with van der Waals surface area (Å²) < 4.78 is 120. The van der Waals surface area contributed by atoms with Gasteiger partial charge in [-0.2, -0.15) is 0 Å². The van der Waals surface area contributed by atoms with Crippen LogP contribution in [0.1, 0.15) is 19.0 Å². The molecule has 714 valence electrons. The van der Waals surface area contributed by atoms with Gasteiger partial charge < -0.3 is 231 Å². The molecule has 1 amide bonds. The highest BCUT2D eigenvalue weighted by Gasteiger charge is 2.59. The Labute approximate surface area is 706 Å². The third-order valence-corrected chi connectivity index (χ3v) is 31.4. The minimum Gasteiger partial charge on any atom is -0.437 e. The van der Waals surface area contributed by atoms with Crippen molar-refractivity contribution in [1.29, 1.82) is 0 Å². The lowest BCUT2D eigenvalue weighted by Crippen LogP contribution is -2.68. The number of carbonyl (C=O) groups is 1. The summed E-state index contributed by atoms with van der Waals surface area (Å²) in [5.74, 6) is -0.788. The molecule has 9 aliphatic heterocycles. The van der Waals surface area contributed by atoms with Crippen LogP contribution in [0.4, 0.5) is 0 Å². The maximum Gasteiger partial charge on any atom is 0.314 e. The van der Waals surface area contributed by atoms with Crippen molar-refractivity contribution in [2.75, 3.05) is 72.7 Å². The number of aromatic nitrogens is 3. The summed E-state index contributed by atoms with van der Waals surface area (Å²) in [5, 5.41) is 297. The summed E-state index contributed by atoms with van der Waals surface area (Å²) in [5.41, 5.74) is 0.0730. The lowest BCUT2D eigenvalue weighted by molar-refractivity contribution is -0.396. The van der Waals surface area contributed by atoms with Crippen molar-refractivity contribution in [3.63, 3.8) is 0 Å². The third kappa shape index (κ3) is 25.2. The first kappa shape index (κ1) is 103. The summed E-state index contributed by atoms with van der Waals surface area (Å²) >= 11 is 0. The topological polar surface area (TPSA) is 762 Å². The van der Waals surface area contributed by atoms with Gasteiger partial charge in [-0.25, -0.2) is 4.68 Å². The highest BCUT2D eigenvalue weighted by molar-refractivity contribution is 6.87. The summed E-state index contributed by atoms with van der Waals surface area (Å²) in [7, 11) is -6.48. The number of nitrogens with zero attached hydrogens (tertiary/aromatic N) is 4. The molecule has 10 rings (SSSR count). The van der Waals surface area contributed by atoms with Crippen molar-refractivity contribution < 1.29 is 231 Å². The van der Waals surface area contributed by atoms with E-state index in [1.165, 1.54) is 10.9 Å². The monoisotopic (exact) mass is 1840 g/mol. The maximum absolute atomic E-state index is 13.5. The average molecular weight is 1850 g/mol. The maximum atomic E-state index is 13.5. The van der Waals surface area contributed by atoms with Crippen molar-refractivity contribution >= 4 is 31.1 Å². The standard InChI is InChI=1S/C69H124N4O47Si3/c1-25(77)73(13-26-12-72(71-70-26)14-27(78)18-101-10-9-11-123(8,119-121(2,3)4)120-122(5,6)7)61-49(94)46(91)56(33(17-76)108-61)114-66-54(99)47(92)58(36(112-66)24-107-69-60(39(84)30(81)21-104-69)118-64-52(97)44(89)41(86)32(16-75)110-64)116-67-55(100)48(93)57(115-65-53(98)45(90)42(87)34(111-65)22-105-62-50(95)37(82)28(79)19-102-62)35(113-67)23-106-68-59(38(83)29(80)20-103-68)117-63-51(96)43(88)40(85)31(15-74)109-63/h12,27-69,74-76,78-100H,9-11,13-24H2,1-8H3/t27?,28-,29-,30-,31?,32?,33+,34?,35+,36?,37-,38?,39-,40-,41-,42-,43-,44-,45-,46?,47+,48?,49?,50?,51?,52?,53?,54?,55?,56+,57+,58-,59?,60?,61-,62-,63-,64-,65-,66-,67+,68-,69-/m0/s1. The molecule has 0 aliphatic carbocycles. The van der Waals surface area contributed by atoms with Crippen molar-refractivity contribution in [3.8, 4) is 0 Å². The Balaban J connectivity index is 0.896. The highest BCUT2D eigenvalue weighted by atomic mass is 28.5. The number of amides is 1. The number of hydrogen-bond acceptors (Lipinski definition) is 49. The van der Waals surface area contributed by atoms with Crippen LogP contribution < -0.4 is 0 Å². The number of rotatable bonds is 37. The van der Waals surface area contributed by atoms with Gasteiger partial charge in [0.15, 0.2) is 73.2 Å². The smallest absolute Gasteiger partial charge is 0.314 e. The molecule has 1 aromatic heterocycles. The minimum absolute atomic E-state index is 0.0730. The van der Waals surface area contributed by atoms with E-state index in [9.17, 15) is 138 Å². The molecule has 9 fully saturated rings. The van der Waals surface area contributed by atoms with Crippen molar-refractivity contribution in [3.05, 3.63) is 11.9 Å². The molecule has 43 atom stereocenters. The molecule has 0 bridgehead atoms. The van der Waals surface area contributed by atoms with Gasteiger partial charge in [0.2, 0.25) is 5.91 Å². The molecule has 123 heavy (non-hydrogen) atoms. The van der Waals surface area contributed by atoms with Crippen LogP contribution in [-0.4, -0.2) is 521 Å². The van der Waals surface area contributed by atoms with Crippen molar-refractivity contribution in [2.24, 2.45) is 0 Å². The Morgan fingerprint density at radius 2 is 0.789 bits per heavy atom. The summed E-state index contributed by atoms with van der Waals surface area (Å²) in [4.78, 5) is 14.4. The first-order valence-electron chi connectivity index (χ1n) is 40.3. The Hall–Kier alpha value is -2.58. The molecule has 9 aliphatic rings. The van der Waals surface area contributed by atoms with Crippen LogP contribution in [-0.2, 0) is 111 Å². The lowest BCUT2D eigenvalue weighted by atomic mass is 9.95. The van der Waals surface area contributed by atoms with Gasteiger partial charge >= 0.3 is 8.56 Å². The van der Waals surface area contributed by atoms with Crippen LogP contribution in [0.25, 0.3) is 0 Å². The number of hydrogen-bond donors (Lipinski definition) is 26. The third-order valence-electron chi connectivity index (χ3n) is 21.8. The zero-order valence-electron chi connectivity index (χ0n) is 68.5. The van der Waals surface area contributed by atoms with E-state index in [0.717, 1.165) is 11.8 Å². The second kappa shape index (κ2) is 44.3. The minimum atomic E-state index is -2.56. The lowest BCUT2D eigenvalue weighted by Gasteiger charge is -2.50. The first-order chi connectivity index (χ1) is 57.8. The Morgan fingerprint density at radius 3 is 1.22 bits per heavy atom.